The van der Waals surface area contributed by atoms with Crippen LogP contribution in [0.1, 0.15) is 50.8 Å². The first-order valence-electron chi connectivity index (χ1n) is 11.6. The lowest BCUT2D eigenvalue weighted by Crippen LogP contribution is -2.09. The second-order valence-electron chi connectivity index (χ2n) is 9.18. The average molecular weight is 420 g/mol. The molecule has 1 radical (unpaired) electrons. The van der Waals surface area contributed by atoms with Crippen molar-refractivity contribution in [2.45, 2.75) is 11.8 Å². The van der Waals surface area contributed by atoms with Crippen LogP contribution < -0.4 is 0 Å². The lowest BCUT2D eigenvalue weighted by molar-refractivity contribution is 0.924. The summed E-state index contributed by atoms with van der Waals surface area (Å²) in [4.78, 5) is 0. The van der Waals surface area contributed by atoms with E-state index >= 15 is 0 Å². The lowest BCUT2D eigenvalue weighted by Gasteiger charge is -2.24. The molecule has 0 saturated heterocycles. The smallest absolute Gasteiger partial charge is 0.0355 e. The standard InChI is InChI=1S/C33H23/c1-21-18-19-30(32-26-14-6-2-10-22(26)23-11-3-7-15-27(23)32)31(20-21)33-28-16-8-4-12-24(28)25-13-5-9-17-29(25)33/h2-20,32-33H,1H2. The Kier molecular flexibility index (Phi) is 3.98. The van der Waals surface area contributed by atoms with Crippen molar-refractivity contribution in [3.05, 3.63) is 161 Å². The van der Waals surface area contributed by atoms with Crippen molar-refractivity contribution in [3.63, 3.8) is 0 Å². The molecule has 5 aromatic rings. The third-order valence-corrected chi connectivity index (χ3v) is 7.44. The van der Waals surface area contributed by atoms with Crippen LogP contribution in [0.4, 0.5) is 0 Å². The highest BCUT2D eigenvalue weighted by Crippen LogP contribution is 2.53. The molecule has 7 rings (SSSR count). The third-order valence-electron chi connectivity index (χ3n) is 7.44. The van der Waals surface area contributed by atoms with Crippen LogP contribution >= 0.6 is 0 Å². The predicted molar refractivity (Wildman–Crippen MR) is 137 cm³/mol. The Morgan fingerprint density at radius 3 is 1.15 bits per heavy atom. The number of rotatable bonds is 2. The molecule has 155 valence electrons. The van der Waals surface area contributed by atoms with Crippen molar-refractivity contribution in [1.29, 1.82) is 0 Å². The van der Waals surface area contributed by atoms with Gasteiger partial charge in [0.1, 0.15) is 0 Å². The van der Waals surface area contributed by atoms with E-state index < -0.39 is 0 Å². The zero-order chi connectivity index (χ0) is 21.9. The van der Waals surface area contributed by atoms with Crippen molar-refractivity contribution >= 4 is 0 Å². The molecule has 0 atom stereocenters. The fraction of sp³-hybridized carbons (Fsp3) is 0.0606. The number of hydrogen-bond acceptors (Lipinski definition) is 0. The number of hydrogen-bond donors (Lipinski definition) is 0. The van der Waals surface area contributed by atoms with Gasteiger partial charge in [-0.1, -0.05) is 115 Å². The molecule has 0 heteroatoms. The van der Waals surface area contributed by atoms with Gasteiger partial charge in [0.2, 0.25) is 0 Å². The maximum atomic E-state index is 4.32. The van der Waals surface area contributed by atoms with Crippen LogP contribution in [0.25, 0.3) is 22.3 Å². The van der Waals surface area contributed by atoms with Gasteiger partial charge >= 0.3 is 0 Å². The zero-order valence-electron chi connectivity index (χ0n) is 18.3. The summed E-state index contributed by atoms with van der Waals surface area (Å²) in [5, 5.41) is 0. The molecule has 2 aliphatic rings. The fourth-order valence-corrected chi connectivity index (χ4v) is 6.12. The predicted octanol–water partition coefficient (Wildman–Crippen LogP) is 8.19. The minimum Gasteiger partial charge on any atom is -0.0619 e. The summed E-state index contributed by atoms with van der Waals surface area (Å²) in [5.41, 5.74) is 14.8. The molecule has 33 heavy (non-hydrogen) atoms. The van der Waals surface area contributed by atoms with Gasteiger partial charge in [0.25, 0.3) is 0 Å². The van der Waals surface area contributed by atoms with E-state index in [0.29, 0.717) is 0 Å². The van der Waals surface area contributed by atoms with Crippen molar-refractivity contribution in [1.82, 2.24) is 0 Å². The highest BCUT2D eigenvalue weighted by Gasteiger charge is 2.35. The lowest BCUT2D eigenvalue weighted by atomic mass is 9.79. The van der Waals surface area contributed by atoms with Gasteiger partial charge in [0, 0.05) is 11.8 Å². The first kappa shape index (κ1) is 18.7. The van der Waals surface area contributed by atoms with Crippen molar-refractivity contribution in [2.24, 2.45) is 0 Å². The van der Waals surface area contributed by atoms with Gasteiger partial charge in [-0.05, 0) is 68.1 Å². The Bertz CT molecular complexity index is 1450. The van der Waals surface area contributed by atoms with E-state index in [1.54, 1.807) is 0 Å². The van der Waals surface area contributed by atoms with Crippen LogP contribution in [-0.2, 0) is 0 Å². The molecular weight excluding hydrogens is 396 g/mol. The van der Waals surface area contributed by atoms with E-state index in [1.165, 1.54) is 55.6 Å². The summed E-state index contributed by atoms with van der Waals surface area (Å²) < 4.78 is 0. The van der Waals surface area contributed by atoms with Gasteiger partial charge in [-0.15, -0.1) is 0 Å². The van der Waals surface area contributed by atoms with Crippen molar-refractivity contribution in [2.75, 3.05) is 0 Å². The van der Waals surface area contributed by atoms with Gasteiger partial charge in [-0.25, -0.2) is 0 Å². The molecule has 0 aliphatic heterocycles. The summed E-state index contributed by atoms with van der Waals surface area (Å²) >= 11 is 0. The maximum Gasteiger partial charge on any atom is 0.0355 e. The normalized spacial score (nSPS) is 14.0. The molecule has 5 aromatic carbocycles. The van der Waals surface area contributed by atoms with Gasteiger partial charge in [0.05, 0.1) is 0 Å². The molecule has 0 heterocycles. The molecule has 0 fully saturated rings. The average Bonchev–Trinajstić information content (AvgIpc) is 3.37. The van der Waals surface area contributed by atoms with Crippen LogP contribution in [0.2, 0.25) is 0 Å². The third kappa shape index (κ3) is 2.64. The van der Waals surface area contributed by atoms with E-state index in [2.05, 4.69) is 122 Å². The van der Waals surface area contributed by atoms with Crippen LogP contribution in [0, 0.1) is 6.92 Å². The largest absolute Gasteiger partial charge is 0.0619 e. The first-order chi connectivity index (χ1) is 16.3. The molecule has 0 spiro atoms. The van der Waals surface area contributed by atoms with E-state index in [1.807, 2.05) is 0 Å². The molecule has 0 unspecified atom stereocenters. The van der Waals surface area contributed by atoms with Gasteiger partial charge in [-0.3, -0.25) is 0 Å². The van der Waals surface area contributed by atoms with Gasteiger partial charge in [-0.2, -0.15) is 0 Å². The quantitative estimate of drug-likeness (QED) is 0.265. The van der Waals surface area contributed by atoms with Crippen LogP contribution in [0.5, 0.6) is 0 Å². The molecule has 2 aliphatic carbocycles. The fourth-order valence-electron chi connectivity index (χ4n) is 6.12. The van der Waals surface area contributed by atoms with E-state index in [9.17, 15) is 0 Å². The minimum absolute atomic E-state index is 0.217. The summed E-state index contributed by atoms with van der Waals surface area (Å²) in [5.74, 6) is 0.446. The molecule has 0 aromatic heterocycles. The second kappa shape index (κ2) is 7.05. The SMILES string of the molecule is [CH2]c1ccc(C2c3ccccc3-c3ccccc32)c(C2c3ccccc3-c3ccccc32)c1. The van der Waals surface area contributed by atoms with Gasteiger partial charge in [0.15, 0.2) is 0 Å². The number of benzene rings is 5. The molecule has 0 amide bonds. The Balaban J connectivity index is 1.52. The van der Waals surface area contributed by atoms with Crippen LogP contribution in [-0.4, -0.2) is 0 Å². The minimum atomic E-state index is 0.217. The Hall–Kier alpha value is -3.90. The van der Waals surface area contributed by atoms with Gasteiger partial charge < -0.3 is 0 Å². The zero-order valence-corrected chi connectivity index (χ0v) is 18.3. The van der Waals surface area contributed by atoms with Crippen LogP contribution in [0.15, 0.2) is 115 Å². The van der Waals surface area contributed by atoms with E-state index in [-0.39, 0.29) is 11.8 Å². The summed E-state index contributed by atoms with van der Waals surface area (Å²) in [6, 6.07) is 42.4. The highest BCUT2D eigenvalue weighted by molar-refractivity contribution is 5.83. The van der Waals surface area contributed by atoms with E-state index in [4.69, 9.17) is 0 Å². The highest BCUT2D eigenvalue weighted by atomic mass is 14.4. The Morgan fingerprint density at radius 1 is 0.364 bits per heavy atom. The Labute approximate surface area is 195 Å². The molecule has 0 bridgehead atoms. The van der Waals surface area contributed by atoms with Crippen molar-refractivity contribution < 1.29 is 0 Å². The maximum absolute atomic E-state index is 4.32. The Morgan fingerprint density at radius 2 is 0.727 bits per heavy atom. The molecule has 0 N–H and O–H groups in total. The molecular formula is C33H23. The van der Waals surface area contributed by atoms with E-state index in [0.717, 1.165) is 5.56 Å². The summed E-state index contributed by atoms with van der Waals surface area (Å²) in [7, 11) is 0. The monoisotopic (exact) mass is 419 g/mol. The molecule has 0 saturated carbocycles. The first-order valence-corrected chi connectivity index (χ1v) is 11.6. The summed E-state index contributed by atoms with van der Waals surface area (Å²) in [6.07, 6.45) is 0. The van der Waals surface area contributed by atoms with Crippen LogP contribution in [0.3, 0.4) is 0 Å². The number of fused-ring (bicyclic) bond motifs is 6. The van der Waals surface area contributed by atoms with Crippen molar-refractivity contribution in [3.8, 4) is 22.3 Å². The second-order valence-corrected chi connectivity index (χ2v) is 9.18. The summed E-state index contributed by atoms with van der Waals surface area (Å²) in [6.45, 7) is 4.32. The molecule has 0 nitrogen and oxygen atoms in total. The topological polar surface area (TPSA) is 0 Å².